The second-order valence-electron chi connectivity index (χ2n) is 7.89. The molecular weight excluding hydrogens is 364 g/mol. The van der Waals surface area contributed by atoms with E-state index in [1.807, 2.05) is 0 Å². The molecule has 2 aliphatic rings. The highest BCUT2D eigenvalue weighted by Crippen LogP contribution is 2.36. The molecule has 0 unspecified atom stereocenters. The van der Waals surface area contributed by atoms with Crippen LogP contribution in [-0.2, 0) is 12.8 Å². The van der Waals surface area contributed by atoms with Gasteiger partial charge in [-0.2, -0.15) is 0 Å². The Kier molecular flexibility index (Phi) is 3.95. The van der Waals surface area contributed by atoms with E-state index in [1.54, 1.807) is 0 Å². The van der Waals surface area contributed by atoms with Gasteiger partial charge in [0.2, 0.25) is 0 Å². The minimum atomic E-state index is 0.856. The van der Waals surface area contributed by atoms with Gasteiger partial charge in [0, 0.05) is 12.8 Å². The molecule has 0 saturated carbocycles. The third-order valence-corrected chi connectivity index (χ3v) is 5.93. The molecule has 2 heteroatoms. The lowest BCUT2D eigenvalue weighted by molar-refractivity contribution is 1.38. The maximum Gasteiger partial charge on any atom is 0.0673 e. The molecule has 2 aliphatic heterocycles. The summed E-state index contributed by atoms with van der Waals surface area (Å²) in [6.45, 7) is 0. The smallest absolute Gasteiger partial charge is 0.0673 e. The van der Waals surface area contributed by atoms with Crippen LogP contribution < -0.4 is 0 Å². The summed E-state index contributed by atoms with van der Waals surface area (Å²) in [6, 6.07) is 34.2. The molecule has 142 valence electrons. The lowest BCUT2D eigenvalue weighted by Gasteiger charge is -2.04. The van der Waals surface area contributed by atoms with E-state index >= 15 is 0 Å². The molecule has 6 rings (SSSR count). The molecule has 0 N–H and O–H groups in total. The van der Waals surface area contributed by atoms with E-state index < -0.39 is 0 Å². The molecular formula is C28H20N2. The van der Waals surface area contributed by atoms with Crippen molar-refractivity contribution in [2.75, 3.05) is 0 Å². The van der Waals surface area contributed by atoms with Crippen molar-refractivity contribution in [3.63, 3.8) is 0 Å². The summed E-state index contributed by atoms with van der Waals surface area (Å²) >= 11 is 0. The molecule has 0 aromatic heterocycles. The average molecular weight is 384 g/mol. The second kappa shape index (κ2) is 6.93. The Morgan fingerprint density at radius 3 is 1.30 bits per heavy atom. The minimum absolute atomic E-state index is 0.856. The summed E-state index contributed by atoms with van der Waals surface area (Å²) in [5.74, 6) is 0. The van der Waals surface area contributed by atoms with Crippen molar-refractivity contribution in [3.05, 3.63) is 108 Å². The zero-order valence-corrected chi connectivity index (χ0v) is 16.5. The van der Waals surface area contributed by atoms with E-state index in [0.717, 1.165) is 35.6 Å². The summed E-state index contributed by atoms with van der Waals surface area (Å²) in [6.07, 6.45) is 1.71. The highest BCUT2D eigenvalue weighted by Gasteiger charge is 2.24. The van der Waals surface area contributed by atoms with Crippen LogP contribution in [-0.4, -0.2) is 11.4 Å². The summed E-state index contributed by atoms with van der Waals surface area (Å²) in [5, 5.41) is 0. The molecule has 0 spiro atoms. The van der Waals surface area contributed by atoms with E-state index in [0.29, 0.717) is 0 Å². The molecule has 4 aromatic carbocycles. The van der Waals surface area contributed by atoms with Crippen LogP contribution in [0.3, 0.4) is 0 Å². The molecule has 0 atom stereocenters. The quantitative estimate of drug-likeness (QED) is 0.364. The Labute approximate surface area is 176 Å². The van der Waals surface area contributed by atoms with Crippen LogP contribution in [0.1, 0.15) is 11.1 Å². The van der Waals surface area contributed by atoms with Crippen molar-refractivity contribution >= 4 is 22.8 Å². The number of nitrogens with zero attached hydrogens (tertiary/aromatic N) is 2. The number of hydrogen-bond donors (Lipinski definition) is 0. The monoisotopic (exact) mass is 384 g/mol. The van der Waals surface area contributed by atoms with Crippen molar-refractivity contribution in [1.29, 1.82) is 0 Å². The van der Waals surface area contributed by atoms with Crippen molar-refractivity contribution in [2.24, 2.45) is 9.98 Å². The van der Waals surface area contributed by atoms with Gasteiger partial charge >= 0.3 is 0 Å². The summed E-state index contributed by atoms with van der Waals surface area (Å²) in [5.41, 5.74) is 11.9. The summed E-state index contributed by atoms with van der Waals surface area (Å²) < 4.78 is 0. The first-order chi connectivity index (χ1) is 14.8. The Morgan fingerprint density at radius 1 is 0.433 bits per heavy atom. The lowest BCUT2D eigenvalue weighted by Crippen LogP contribution is -2.13. The third-order valence-electron chi connectivity index (χ3n) is 5.93. The first-order valence-corrected chi connectivity index (χ1v) is 10.4. The van der Waals surface area contributed by atoms with Crippen molar-refractivity contribution in [1.82, 2.24) is 0 Å². The van der Waals surface area contributed by atoms with Gasteiger partial charge < -0.3 is 0 Å². The molecule has 0 radical (unpaired) electrons. The topological polar surface area (TPSA) is 24.7 Å². The standard InChI is InChI=1S/C28H20N2/c1-3-7-19(8-4-1)21-11-13-25-23(15-21)17-27(29-25)28-18-24-16-22(12-14-26(24)30-28)20-9-5-2-6-10-20/h1-16H,17-18H2. The number of fused-ring (bicyclic) bond motifs is 2. The maximum absolute atomic E-state index is 4.92. The minimum Gasteiger partial charge on any atom is -0.251 e. The first kappa shape index (κ1) is 17.1. The van der Waals surface area contributed by atoms with Crippen molar-refractivity contribution in [2.45, 2.75) is 12.8 Å². The van der Waals surface area contributed by atoms with E-state index in [2.05, 4.69) is 97.1 Å². The van der Waals surface area contributed by atoms with Gasteiger partial charge in [0.15, 0.2) is 0 Å². The molecule has 0 amide bonds. The van der Waals surface area contributed by atoms with Gasteiger partial charge in [-0.05, 0) is 57.6 Å². The molecule has 2 nitrogen and oxygen atoms in total. The molecule has 4 aromatic rings. The van der Waals surface area contributed by atoms with E-state index in [9.17, 15) is 0 Å². The molecule has 0 saturated heterocycles. The van der Waals surface area contributed by atoms with Crippen LogP contribution in [0.25, 0.3) is 22.3 Å². The van der Waals surface area contributed by atoms with Gasteiger partial charge in [0.05, 0.1) is 22.8 Å². The van der Waals surface area contributed by atoms with Crippen LogP contribution in [0.2, 0.25) is 0 Å². The van der Waals surface area contributed by atoms with Crippen LogP contribution in [0, 0.1) is 0 Å². The largest absolute Gasteiger partial charge is 0.251 e. The van der Waals surface area contributed by atoms with E-state index in [-0.39, 0.29) is 0 Å². The van der Waals surface area contributed by atoms with Gasteiger partial charge in [0.1, 0.15) is 0 Å². The maximum atomic E-state index is 4.92. The van der Waals surface area contributed by atoms with Gasteiger partial charge in [-0.25, -0.2) is 0 Å². The van der Waals surface area contributed by atoms with Gasteiger partial charge in [-0.1, -0.05) is 72.8 Å². The van der Waals surface area contributed by atoms with Crippen LogP contribution >= 0.6 is 0 Å². The van der Waals surface area contributed by atoms with E-state index in [1.165, 1.54) is 33.4 Å². The first-order valence-electron chi connectivity index (χ1n) is 10.4. The molecule has 0 fully saturated rings. The van der Waals surface area contributed by atoms with Crippen LogP contribution in [0.4, 0.5) is 11.4 Å². The third kappa shape index (κ3) is 2.98. The molecule has 2 heterocycles. The zero-order valence-electron chi connectivity index (χ0n) is 16.5. The average Bonchev–Trinajstić information content (AvgIpc) is 3.43. The number of aliphatic imine (C=N–C) groups is 2. The molecule has 0 bridgehead atoms. The highest BCUT2D eigenvalue weighted by atomic mass is 14.9. The Morgan fingerprint density at radius 2 is 0.867 bits per heavy atom. The van der Waals surface area contributed by atoms with Crippen LogP contribution in [0.5, 0.6) is 0 Å². The number of benzene rings is 4. The highest BCUT2D eigenvalue weighted by molar-refractivity contribution is 6.46. The van der Waals surface area contributed by atoms with E-state index in [4.69, 9.17) is 9.98 Å². The number of rotatable bonds is 3. The van der Waals surface area contributed by atoms with Crippen LogP contribution in [0.15, 0.2) is 107 Å². The molecule has 30 heavy (non-hydrogen) atoms. The Balaban J connectivity index is 1.25. The molecule has 0 aliphatic carbocycles. The van der Waals surface area contributed by atoms with Gasteiger partial charge in [-0.15, -0.1) is 0 Å². The second-order valence-corrected chi connectivity index (χ2v) is 7.89. The Hall–Kier alpha value is -3.78. The predicted molar refractivity (Wildman–Crippen MR) is 125 cm³/mol. The lowest BCUT2D eigenvalue weighted by atomic mass is 9.98. The zero-order chi connectivity index (χ0) is 19.9. The number of hydrogen-bond acceptors (Lipinski definition) is 2. The normalized spacial score (nSPS) is 14.1. The van der Waals surface area contributed by atoms with Gasteiger partial charge in [-0.3, -0.25) is 9.98 Å². The van der Waals surface area contributed by atoms with Gasteiger partial charge in [0.25, 0.3) is 0 Å². The summed E-state index contributed by atoms with van der Waals surface area (Å²) in [4.78, 5) is 9.84. The van der Waals surface area contributed by atoms with Crippen molar-refractivity contribution in [3.8, 4) is 22.3 Å². The predicted octanol–water partition coefficient (Wildman–Crippen LogP) is 6.98. The fourth-order valence-electron chi connectivity index (χ4n) is 4.36. The summed E-state index contributed by atoms with van der Waals surface area (Å²) in [7, 11) is 0. The van der Waals surface area contributed by atoms with Crippen molar-refractivity contribution < 1.29 is 0 Å². The Bertz CT molecular complexity index is 1210. The SMILES string of the molecule is c1ccc(-c2ccc3c(c2)CC(C2=Nc4ccc(-c5ccccc5)cc4C2)=N3)cc1. The fourth-order valence-corrected chi connectivity index (χ4v) is 4.36. The fraction of sp³-hybridized carbons (Fsp3) is 0.0714.